The molecule has 3 rings (SSSR count). The predicted molar refractivity (Wildman–Crippen MR) is 84.0 cm³/mol. The van der Waals surface area contributed by atoms with Gasteiger partial charge in [-0.3, -0.25) is 9.78 Å². The van der Waals surface area contributed by atoms with Crippen LogP contribution in [0.25, 0.3) is 0 Å². The molecule has 0 unspecified atom stereocenters. The highest BCUT2D eigenvalue weighted by atomic mass is 35.5. The smallest absolute Gasteiger partial charge is 0.362 e. The number of hydrogen-bond acceptors (Lipinski definition) is 4. The Labute approximate surface area is 145 Å². The number of alkyl halides is 3. The number of aliphatic hydroxyl groups is 1. The number of carbonyl (C=O) groups is 1. The fourth-order valence-corrected chi connectivity index (χ4v) is 2.64. The minimum Gasteiger partial charge on any atom is -0.362 e. The number of amides is 1. The summed E-state index contributed by atoms with van der Waals surface area (Å²) in [5.41, 5.74) is -3.48. The van der Waals surface area contributed by atoms with E-state index in [1.807, 2.05) is 0 Å². The topological polar surface area (TPSA) is 65.8 Å². The molecule has 25 heavy (non-hydrogen) atoms. The second-order valence-corrected chi connectivity index (χ2v) is 5.78. The molecule has 1 amide bonds. The molecular weight excluding hydrogens is 359 g/mol. The molecule has 1 aliphatic heterocycles. The summed E-state index contributed by atoms with van der Waals surface area (Å²) in [6.07, 6.45) is -3.27. The average molecular weight is 370 g/mol. The Kier molecular flexibility index (Phi) is 4.26. The van der Waals surface area contributed by atoms with Crippen LogP contribution in [0, 0.1) is 0 Å². The predicted octanol–water partition coefficient (Wildman–Crippen LogP) is 3.24. The van der Waals surface area contributed by atoms with Crippen LogP contribution in [0.3, 0.4) is 0 Å². The maximum atomic E-state index is 13.5. The first-order valence-corrected chi connectivity index (χ1v) is 7.48. The van der Waals surface area contributed by atoms with E-state index in [1.54, 1.807) is 0 Å². The maximum Gasteiger partial charge on any atom is 0.438 e. The second kappa shape index (κ2) is 6.12. The number of nitrogens with zero attached hydrogens (tertiary/aromatic N) is 3. The lowest BCUT2D eigenvalue weighted by molar-refractivity contribution is -0.297. The van der Waals surface area contributed by atoms with Crippen LogP contribution < -0.4 is 0 Å². The molecule has 0 fully saturated rings. The molecule has 0 radical (unpaired) electrons. The van der Waals surface area contributed by atoms with Gasteiger partial charge in [0.05, 0.1) is 22.7 Å². The summed E-state index contributed by atoms with van der Waals surface area (Å²) in [7, 11) is 0. The zero-order valence-electron chi connectivity index (χ0n) is 12.5. The molecular formula is C16H11ClF3N3O2. The Morgan fingerprint density at radius 1 is 1.24 bits per heavy atom. The number of rotatable bonds is 2. The minimum absolute atomic E-state index is 0.0382. The third-order valence-corrected chi connectivity index (χ3v) is 4.06. The average Bonchev–Trinajstić information content (AvgIpc) is 2.94. The summed E-state index contributed by atoms with van der Waals surface area (Å²) in [6.45, 7) is 0. The molecule has 0 aliphatic carbocycles. The van der Waals surface area contributed by atoms with Crippen molar-refractivity contribution in [3.63, 3.8) is 0 Å². The second-order valence-electron chi connectivity index (χ2n) is 5.38. The van der Waals surface area contributed by atoms with Crippen LogP contribution in [0.4, 0.5) is 13.2 Å². The van der Waals surface area contributed by atoms with Crippen molar-refractivity contribution >= 4 is 23.2 Å². The summed E-state index contributed by atoms with van der Waals surface area (Å²) in [4.78, 5) is 16.4. The van der Waals surface area contributed by atoms with E-state index >= 15 is 0 Å². The lowest BCUT2D eigenvalue weighted by Gasteiger charge is -2.32. The number of hydrazone groups is 1. The van der Waals surface area contributed by atoms with Gasteiger partial charge in [0, 0.05) is 18.0 Å². The van der Waals surface area contributed by atoms with Gasteiger partial charge >= 0.3 is 6.18 Å². The Morgan fingerprint density at radius 2 is 1.96 bits per heavy atom. The number of benzene rings is 1. The molecule has 0 saturated carbocycles. The summed E-state index contributed by atoms with van der Waals surface area (Å²) >= 11 is 5.89. The van der Waals surface area contributed by atoms with E-state index in [0.717, 1.165) is 0 Å². The van der Waals surface area contributed by atoms with Crippen molar-refractivity contribution in [2.45, 2.75) is 18.3 Å². The highest BCUT2D eigenvalue weighted by molar-refractivity contribution is 6.33. The molecule has 1 aromatic heterocycles. The molecule has 0 bridgehead atoms. The Balaban J connectivity index is 2.08. The largest absolute Gasteiger partial charge is 0.438 e. The van der Waals surface area contributed by atoms with Crippen LogP contribution in [0.2, 0.25) is 5.02 Å². The third kappa shape index (κ3) is 2.98. The van der Waals surface area contributed by atoms with Gasteiger partial charge in [0.25, 0.3) is 11.6 Å². The van der Waals surface area contributed by atoms with Gasteiger partial charge in [-0.2, -0.15) is 23.3 Å². The zero-order valence-corrected chi connectivity index (χ0v) is 13.3. The van der Waals surface area contributed by atoms with E-state index in [2.05, 4.69) is 10.1 Å². The molecule has 0 spiro atoms. The zero-order chi connectivity index (χ0) is 18.2. The van der Waals surface area contributed by atoms with Crippen molar-refractivity contribution in [1.82, 2.24) is 9.99 Å². The molecule has 2 heterocycles. The van der Waals surface area contributed by atoms with Crippen molar-refractivity contribution in [1.29, 1.82) is 0 Å². The summed E-state index contributed by atoms with van der Waals surface area (Å²) < 4.78 is 40.5. The quantitative estimate of drug-likeness (QED) is 0.883. The molecule has 5 nitrogen and oxygen atoms in total. The highest BCUT2D eigenvalue weighted by Crippen LogP contribution is 2.42. The number of aromatic nitrogens is 1. The van der Waals surface area contributed by atoms with Gasteiger partial charge in [-0.25, -0.2) is 0 Å². The van der Waals surface area contributed by atoms with Gasteiger partial charge in [0.2, 0.25) is 0 Å². The molecule has 1 atom stereocenters. The van der Waals surface area contributed by atoms with Crippen molar-refractivity contribution in [2.75, 3.05) is 0 Å². The van der Waals surface area contributed by atoms with Gasteiger partial charge < -0.3 is 5.11 Å². The molecule has 9 heteroatoms. The van der Waals surface area contributed by atoms with Crippen LogP contribution in [0.5, 0.6) is 0 Å². The van der Waals surface area contributed by atoms with Gasteiger partial charge in [-0.05, 0) is 18.2 Å². The number of pyridine rings is 1. The van der Waals surface area contributed by atoms with Gasteiger partial charge in [0.15, 0.2) is 0 Å². The van der Waals surface area contributed by atoms with Crippen LogP contribution in [0.15, 0.2) is 53.9 Å². The first-order valence-electron chi connectivity index (χ1n) is 7.10. The van der Waals surface area contributed by atoms with Gasteiger partial charge in [0.1, 0.15) is 0 Å². The van der Waals surface area contributed by atoms with E-state index in [9.17, 15) is 23.1 Å². The fourth-order valence-electron chi connectivity index (χ4n) is 2.42. The SMILES string of the molecule is O=C(c1ccccc1Cl)N1N=C(c2cccnc2)C[C@@]1(O)C(F)(F)F. The lowest BCUT2D eigenvalue weighted by Crippen LogP contribution is -2.56. The van der Waals surface area contributed by atoms with E-state index < -0.39 is 24.2 Å². The summed E-state index contributed by atoms with van der Waals surface area (Å²) in [5, 5.41) is 14.0. The molecule has 1 N–H and O–H groups in total. The molecule has 1 aromatic carbocycles. The van der Waals surface area contributed by atoms with Crippen LogP contribution in [-0.2, 0) is 0 Å². The molecule has 2 aromatic rings. The van der Waals surface area contributed by atoms with E-state index in [-0.39, 0.29) is 26.9 Å². The van der Waals surface area contributed by atoms with E-state index in [0.29, 0.717) is 0 Å². The lowest BCUT2D eigenvalue weighted by atomic mass is 10.0. The standard InChI is InChI=1S/C16H11ClF3N3O2/c17-12-6-2-1-5-11(12)14(24)23-15(25,16(18,19)20)8-13(22-23)10-4-3-7-21-9-10/h1-7,9,25H,8H2/t15-/m1/s1. The normalized spacial score (nSPS) is 20.5. The van der Waals surface area contributed by atoms with Crippen molar-refractivity contribution in [2.24, 2.45) is 5.10 Å². The number of halogens is 4. The Bertz CT molecular complexity index is 842. The van der Waals surface area contributed by atoms with Crippen LogP contribution >= 0.6 is 11.6 Å². The van der Waals surface area contributed by atoms with Crippen LogP contribution in [-0.4, -0.2) is 38.6 Å². The van der Waals surface area contributed by atoms with E-state index in [1.165, 1.54) is 48.8 Å². The highest BCUT2D eigenvalue weighted by Gasteiger charge is 2.63. The third-order valence-electron chi connectivity index (χ3n) is 3.73. The molecule has 130 valence electrons. The van der Waals surface area contributed by atoms with Crippen LogP contribution in [0.1, 0.15) is 22.3 Å². The molecule has 1 aliphatic rings. The van der Waals surface area contributed by atoms with Crippen molar-refractivity contribution in [3.05, 3.63) is 64.9 Å². The first kappa shape index (κ1) is 17.4. The fraction of sp³-hybridized carbons (Fsp3) is 0.188. The monoisotopic (exact) mass is 369 g/mol. The Morgan fingerprint density at radius 3 is 2.56 bits per heavy atom. The minimum atomic E-state index is -5.11. The molecule has 0 saturated heterocycles. The van der Waals surface area contributed by atoms with Crippen molar-refractivity contribution < 1.29 is 23.1 Å². The van der Waals surface area contributed by atoms with Gasteiger partial charge in [-0.15, -0.1) is 0 Å². The van der Waals surface area contributed by atoms with Crippen molar-refractivity contribution in [3.8, 4) is 0 Å². The summed E-state index contributed by atoms with van der Waals surface area (Å²) in [6, 6.07) is 8.62. The van der Waals surface area contributed by atoms with E-state index in [4.69, 9.17) is 11.6 Å². The number of carbonyl (C=O) groups excluding carboxylic acids is 1. The van der Waals surface area contributed by atoms with Gasteiger partial charge in [-0.1, -0.05) is 29.8 Å². The summed E-state index contributed by atoms with van der Waals surface area (Å²) in [5.74, 6) is -1.15. The maximum absolute atomic E-state index is 13.5. The first-order chi connectivity index (χ1) is 11.7. The Hall–Kier alpha value is -2.45. The number of hydrogen-bond donors (Lipinski definition) is 1.